The molecule has 0 fully saturated rings. The van der Waals surface area contributed by atoms with Crippen LogP contribution in [0.4, 0.5) is 0 Å². The van der Waals surface area contributed by atoms with Crippen molar-refractivity contribution in [1.29, 1.82) is 0 Å². The van der Waals surface area contributed by atoms with Gasteiger partial charge in [0, 0.05) is 0 Å². The first-order chi connectivity index (χ1) is 34.8. The minimum absolute atomic E-state index is 1.19. The highest BCUT2D eigenvalue weighted by molar-refractivity contribution is 6.25. The summed E-state index contributed by atoms with van der Waals surface area (Å²) in [4.78, 5) is 0. The van der Waals surface area contributed by atoms with Crippen LogP contribution in [0.25, 0.3) is 142 Å². The van der Waals surface area contributed by atoms with Crippen molar-refractivity contribution in [3.05, 3.63) is 267 Å². The molecule has 0 saturated heterocycles. The molecule has 0 aromatic heterocycles. The van der Waals surface area contributed by atoms with E-state index in [-0.39, 0.29) is 0 Å². The predicted octanol–water partition coefficient (Wildman–Crippen LogP) is 19.8. The SMILES string of the molecule is c1ccc2c(-c3c4ccccc4c(-c4ccc(-c5ccc6ccccc6c5-c5ccc(-c6c7ccccc7c(-c7cccc8ccccc78)c7ccccc67)cc5)cc4)c4ccccc34)cccc2c1. The maximum Gasteiger partial charge on any atom is -0.00201 e. The van der Waals surface area contributed by atoms with Gasteiger partial charge in [-0.25, -0.2) is 0 Å². The van der Waals surface area contributed by atoms with E-state index in [2.05, 4.69) is 267 Å². The van der Waals surface area contributed by atoms with Crippen LogP contribution in [-0.2, 0) is 0 Å². The van der Waals surface area contributed by atoms with Gasteiger partial charge in [0.15, 0.2) is 0 Å². The predicted molar refractivity (Wildman–Crippen MR) is 302 cm³/mol. The molecule has 0 heteroatoms. The average Bonchev–Trinajstić information content (AvgIpc) is 3.43. The summed E-state index contributed by atoms with van der Waals surface area (Å²) in [5.41, 5.74) is 14.9. The van der Waals surface area contributed by atoms with Crippen LogP contribution in [0.3, 0.4) is 0 Å². The third-order valence-electron chi connectivity index (χ3n) is 14.9. The zero-order valence-corrected chi connectivity index (χ0v) is 38.4. The number of rotatable bonds is 6. The monoisotopic (exact) mass is 884 g/mol. The molecule has 14 aromatic rings. The normalized spacial score (nSPS) is 11.7. The zero-order valence-electron chi connectivity index (χ0n) is 38.4. The van der Waals surface area contributed by atoms with Gasteiger partial charge in [-0.1, -0.05) is 267 Å². The van der Waals surface area contributed by atoms with Crippen molar-refractivity contribution in [2.45, 2.75) is 0 Å². The number of fused-ring (bicyclic) bond motifs is 7. The smallest absolute Gasteiger partial charge is 0.00201 e. The maximum atomic E-state index is 2.34. The Balaban J connectivity index is 0.905. The van der Waals surface area contributed by atoms with E-state index < -0.39 is 0 Å². The van der Waals surface area contributed by atoms with E-state index >= 15 is 0 Å². The van der Waals surface area contributed by atoms with Crippen LogP contribution in [-0.4, -0.2) is 0 Å². The van der Waals surface area contributed by atoms with Crippen molar-refractivity contribution in [3.63, 3.8) is 0 Å². The van der Waals surface area contributed by atoms with Crippen LogP contribution in [0.5, 0.6) is 0 Å². The second-order valence-electron chi connectivity index (χ2n) is 18.6. The van der Waals surface area contributed by atoms with Crippen molar-refractivity contribution in [2.24, 2.45) is 0 Å². The van der Waals surface area contributed by atoms with Crippen molar-refractivity contribution >= 4 is 75.4 Å². The molecule has 0 spiro atoms. The molecule has 324 valence electrons. The van der Waals surface area contributed by atoms with E-state index in [1.165, 1.54) is 142 Å². The summed E-state index contributed by atoms with van der Waals surface area (Å²) in [7, 11) is 0. The number of benzene rings is 14. The molecule has 0 aliphatic rings. The molecule has 14 rings (SSSR count). The first-order valence-corrected chi connectivity index (χ1v) is 24.3. The first-order valence-electron chi connectivity index (χ1n) is 24.3. The van der Waals surface area contributed by atoms with Gasteiger partial charge in [-0.3, -0.25) is 0 Å². The highest BCUT2D eigenvalue weighted by Gasteiger charge is 2.21. The van der Waals surface area contributed by atoms with Crippen LogP contribution in [0.2, 0.25) is 0 Å². The van der Waals surface area contributed by atoms with E-state index in [1.807, 2.05) is 0 Å². The Kier molecular flexibility index (Phi) is 9.32. The molecule has 0 bridgehead atoms. The summed E-state index contributed by atoms with van der Waals surface area (Å²) in [6.45, 7) is 0. The molecular weight excluding hydrogens is 841 g/mol. The summed E-state index contributed by atoms with van der Waals surface area (Å²) in [5, 5.41) is 17.6. The molecule has 0 radical (unpaired) electrons. The summed E-state index contributed by atoms with van der Waals surface area (Å²) < 4.78 is 0. The van der Waals surface area contributed by atoms with Gasteiger partial charge in [0.1, 0.15) is 0 Å². The van der Waals surface area contributed by atoms with E-state index in [0.717, 1.165) is 0 Å². The topological polar surface area (TPSA) is 0 Å². The highest BCUT2D eigenvalue weighted by Crippen LogP contribution is 2.48. The third-order valence-corrected chi connectivity index (χ3v) is 14.9. The van der Waals surface area contributed by atoms with Crippen LogP contribution < -0.4 is 0 Å². The van der Waals surface area contributed by atoms with Crippen LogP contribution >= 0.6 is 0 Å². The Morgan fingerprint density at radius 2 is 0.400 bits per heavy atom. The molecule has 0 N–H and O–H groups in total. The van der Waals surface area contributed by atoms with Crippen molar-refractivity contribution in [3.8, 4) is 66.8 Å². The van der Waals surface area contributed by atoms with E-state index in [4.69, 9.17) is 0 Å². The summed E-state index contributed by atoms with van der Waals surface area (Å²) in [6.07, 6.45) is 0. The fraction of sp³-hybridized carbons (Fsp3) is 0. The Labute approximate surface area is 407 Å². The van der Waals surface area contributed by atoms with Crippen LogP contribution in [0.15, 0.2) is 267 Å². The van der Waals surface area contributed by atoms with Gasteiger partial charge in [-0.15, -0.1) is 0 Å². The Bertz CT molecular complexity index is 4260. The molecule has 0 unspecified atom stereocenters. The molecule has 14 aromatic carbocycles. The summed E-state index contributed by atoms with van der Waals surface area (Å²) >= 11 is 0. The maximum absolute atomic E-state index is 2.34. The molecule has 70 heavy (non-hydrogen) atoms. The van der Waals surface area contributed by atoms with Gasteiger partial charge in [-0.05, 0) is 142 Å². The molecule has 0 nitrogen and oxygen atoms in total. The van der Waals surface area contributed by atoms with Crippen molar-refractivity contribution in [1.82, 2.24) is 0 Å². The van der Waals surface area contributed by atoms with E-state index in [9.17, 15) is 0 Å². The average molecular weight is 885 g/mol. The van der Waals surface area contributed by atoms with Crippen molar-refractivity contribution in [2.75, 3.05) is 0 Å². The van der Waals surface area contributed by atoms with E-state index in [1.54, 1.807) is 0 Å². The molecule has 0 aliphatic carbocycles. The molecule has 0 aliphatic heterocycles. The minimum atomic E-state index is 1.19. The highest BCUT2D eigenvalue weighted by atomic mass is 14.2. The summed E-state index contributed by atoms with van der Waals surface area (Å²) in [5.74, 6) is 0. The van der Waals surface area contributed by atoms with Gasteiger partial charge in [0.25, 0.3) is 0 Å². The number of hydrogen-bond acceptors (Lipinski definition) is 0. The molecule has 0 heterocycles. The van der Waals surface area contributed by atoms with Gasteiger partial charge in [0.05, 0.1) is 0 Å². The zero-order chi connectivity index (χ0) is 46.1. The lowest BCUT2D eigenvalue weighted by atomic mass is 9.83. The Hall–Kier alpha value is -9.10. The molecule has 0 amide bonds. The lowest BCUT2D eigenvalue weighted by Gasteiger charge is -2.20. The van der Waals surface area contributed by atoms with Gasteiger partial charge in [0.2, 0.25) is 0 Å². The van der Waals surface area contributed by atoms with Crippen molar-refractivity contribution < 1.29 is 0 Å². The van der Waals surface area contributed by atoms with E-state index in [0.29, 0.717) is 0 Å². The van der Waals surface area contributed by atoms with Gasteiger partial charge in [-0.2, -0.15) is 0 Å². The first kappa shape index (κ1) is 40.0. The minimum Gasteiger partial charge on any atom is -0.0616 e. The number of hydrogen-bond donors (Lipinski definition) is 0. The lowest BCUT2D eigenvalue weighted by Crippen LogP contribution is -1.93. The molecular formula is C70H44. The second-order valence-corrected chi connectivity index (χ2v) is 18.6. The fourth-order valence-corrected chi connectivity index (χ4v) is 11.8. The Morgan fingerprint density at radius 3 is 0.786 bits per heavy atom. The quantitative estimate of drug-likeness (QED) is 0.146. The summed E-state index contributed by atoms with van der Waals surface area (Å²) in [6, 6.07) is 98.9. The second kappa shape index (κ2) is 16.3. The fourth-order valence-electron chi connectivity index (χ4n) is 11.8. The largest absolute Gasteiger partial charge is 0.0616 e. The standard InChI is InChI=1S/C70H44/c1-4-22-52-45(17-1)20-15-33-56(52)69-62-29-11-7-25-58(62)67(59-26-8-12-30-63(59)69)50-37-35-48(36-38-50)55-44-43-47-19-3-6-24-54(47)66(55)49-39-41-51(42-40-49)68-60-27-9-13-31-64(60)70(65-32-14-10-28-61(65)68)57-34-16-21-46-18-2-5-23-53(46)57/h1-44H. The Morgan fingerprint density at radius 1 is 0.129 bits per heavy atom. The van der Waals surface area contributed by atoms with Crippen LogP contribution in [0, 0.1) is 0 Å². The van der Waals surface area contributed by atoms with Gasteiger partial charge < -0.3 is 0 Å². The molecule has 0 saturated carbocycles. The third kappa shape index (κ3) is 6.31. The van der Waals surface area contributed by atoms with Crippen LogP contribution in [0.1, 0.15) is 0 Å². The van der Waals surface area contributed by atoms with Gasteiger partial charge >= 0.3 is 0 Å². The molecule has 0 atom stereocenters. The lowest BCUT2D eigenvalue weighted by molar-refractivity contribution is 1.60.